The summed E-state index contributed by atoms with van der Waals surface area (Å²) < 4.78 is 13.1. The molecule has 2 aliphatic heterocycles. The van der Waals surface area contributed by atoms with Crippen LogP contribution in [0.5, 0.6) is 11.5 Å². The molecule has 1 unspecified atom stereocenters. The predicted molar refractivity (Wildman–Crippen MR) is 105 cm³/mol. The summed E-state index contributed by atoms with van der Waals surface area (Å²) >= 11 is 0. The number of nitrogens with zero attached hydrogens (tertiary/aromatic N) is 4. The monoisotopic (exact) mass is 378 g/mol. The number of benzene rings is 2. The molecule has 1 fully saturated rings. The molecule has 0 N–H and O–H groups in total. The highest BCUT2D eigenvalue weighted by atomic mass is 16.5. The Labute approximate surface area is 162 Å². The van der Waals surface area contributed by atoms with Crippen LogP contribution in [0.15, 0.2) is 47.3 Å². The van der Waals surface area contributed by atoms with Crippen LogP contribution in [0.2, 0.25) is 0 Å². The van der Waals surface area contributed by atoms with E-state index in [1.807, 2.05) is 24.3 Å². The van der Waals surface area contributed by atoms with Crippen molar-refractivity contribution in [2.75, 3.05) is 19.8 Å². The first-order valence-corrected chi connectivity index (χ1v) is 9.76. The van der Waals surface area contributed by atoms with E-state index in [0.717, 1.165) is 37.3 Å². The van der Waals surface area contributed by atoms with Gasteiger partial charge in [-0.3, -0.25) is 9.69 Å². The van der Waals surface area contributed by atoms with Crippen molar-refractivity contribution in [3.05, 3.63) is 58.4 Å². The average Bonchev–Trinajstić information content (AvgIpc) is 3.06. The molecule has 7 heteroatoms. The zero-order valence-corrected chi connectivity index (χ0v) is 15.6. The van der Waals surface area contributed by atoms with E-state index < -0.39 is 0 Å². The highest BCUT2D eigenvalue weighted by molar-refractivity contribution is 5.76. The van der Waals surface area contributed by atoms with Gasteiger partial charge >= 0.3 is 0 Å². The van der Waals surface area contributed by atoms with Gasteiger partial charge in [0.15, 0.2) is 11.5 Å². The number of hydrogen-bond donors (Lipinski definition) is 0. The van der Waals surface area contributed by atoms with Crippen molar-refractivity contribution < 1.29 is 9.47 Å². The third kappa shape index (κ3) is 3.11. The van der Waals surface area contributed by atoms with Crippen LogP contribution in [-0.2, 0) is 6.67 Å². The van der Waals surface area contributed by atoms with Gasteiger partial charge in [0, 0.05) is 19.0 Å². The number of fused-ring (bicyclic) bond motifs is 2. The zero-order valence-electron chi connectivity index (χ0n) is 15.6. The van der Waals surface area contributed by atoms with Crippen LogP contribution in [-0.4, -0.2) is 39.7 Å². The van der Waals surface area contributed by atoms with Crippen molar-refractivity contribution >= 4 is 10.9 Å². The average molecular weight is 378 g/mol. The van der Waals surface area contributed by atoms with Crippen LogP contribution >= 0.6 is 0 Å². The van der Waals surface area contributed by atoms with Crippen LogP contribution in [0.4, 0.5) is 0 Å². The number of ether oxygens (including phenoxy) is 2. The number of hydrogen-bond acceptors (Lipinski definition) is 6. The summed E-state index contributed by atoms with van der Waals surface area (Å²) in [6.07, 6.45) is 3.01. The Morgan fingerprint density at radius 3 is 2.82 bits per heavy atom. The molecule has 0 amide bonds. The van der Waals surface area contributed by atoms with Gasteiger partial charge in [0.25, 0.3) is 5.56 Å². The van der Waals surface area contributed by atoms with Crippen molar-refractivity contribution in [2.45, 2.75) is 32.0 Å². The van der Waals surface area contributed by atoms with Crippen molar-refractivity contribution in [3.8, 4) is 11.5 Å². The first kappa shape index (κ1) is 17.2. The van der Waals surface area contributed by atoms with Crippen molar-refractivity contribution in [1.82, 2.24) is 19.9 Å². The van der Waals surface area contributed by atoms with Gasteiger partial charge in [0.1, 0.15) is 5.52 Å². The van der Waals surface area contributed by atoms with Crippen molar-refractivity contribution in [1.29, 1.82) is 0 Å². The third-order valence-corrected chi connectivity index (χ3v) is 5.46. The fourth-order valence-electron chi connectivity index (χ4n) is 4.05. The predicted octanol–water partition coefficient (Wildman–Crippen LogP) is 2.75. The lowest BCUT2D eigenvalue weighted by atomic mass is 10.0. The van der Waals surface area contributed by atoms with Gasteiger partial charge in [-0.2, -0.15) is 4.68 Å². The topological polar surface area (TPSA) is 69.5 Å². The molecule has 2 aromatic carbocycles. The first-order chi connectivity index (χ1) is 13.8. The molecule has 28 heavy (non-hydrogen) atoms. The second-order valence-electron chi connectivity index (χ2n) is 7.28. The van der Waals surface area contributed by atoms with E-state index in [4.69, 9.17) is 9.47 Å². The molecule has 3 aromatic rings. The minimum Gasteiger partial charge on any atom is -0.490 e. The van der Waals surface area contributed by atoms with E-state index in [9.17, 15) is 4.79 Å². The molecule has 0 bridgehead atoms. The van der Waals surface area contributed by atoms with Gasteiger partial charge < -0.3 is 9.47 Å². The van der Waals surface area contributed by atoms with Gasteiger partial charge in [-0.05, 0) is 42.7 Å². The van der Waals surface area contributed by atoms with Gasteiger partial charge in [-0.15, -0.1) is 5.10 Å². The van der Waals surface area contributed by atoms with Gasteiger partial charge in [0.05, 0.1) is 25.3 Å². The highest BCUT2D eigenvalue weighted by Crippen LogP contribution is 2.37. The molecule has 0 aliphatic carbocycles. The molecule has 7 nitrogen and oxygen atoms in total. The van der Waals surface area contributed by atoms with E-state index in [-0.39, 0.29) is 11.6 Å². The van der Waals surface area contributed by atoms with Crippen LogP contribution in [0, 0.1) is 0 Å². The summed E-state index contributed by atoms with van der Waals surface area (Å²) in [6.45, 7) is 2.70. The van der Waals surface area contributed by atoms with Gasteiger partial charge in [-0.1, -0.05) is 23.4 Å². The molecule has 2 aliphatic rings. The molecule has 0 saturated carbocycles. The largest absolute Gasteiger partial charge is 0.490 e. The number of likely N-dealkylation sites (tertiary alicyclic amines) is 1. The Morgan fingerprint density at radius 2 is 1.89 bits per heavy atom. The summed E-state index contributed by atoms with van der Waals surface area (Å²) in [5, 5.41) is 8.95. The Balaban J connectivity index is 1.43. The maximum Gasteiger partial charge on any atom is 0.278 e. The molecule has 0 radical (unpaired) electrons. The van der Waals surface area contributed by atoms with E-state index >= 15 is 0 Å². The van der Waals surface area contributed by atoms with Crippen LogP contribution in [0.1, 0.15) is 30.9 Å². The van der Waals surface area contributed by atoms with Gasteiger partial charge in [0.2, 0.25) is 0 Å². The molecule has 1 atom stereocenters. The molecule has 0 spiro atoms. The number of aromatic nitrogens is 3. The van der Waals surface area contributed by atoms with Crippen molar-refractivity contribution in [2.24, 2.45) is 0 Å². The highest BCUT2D eigenvalue weighted by Gasteiger charge is 2.28. The maximum atomic E-state index is 12.8. The molecule has 5 rings (SSSR count). The minimum absolute atomic E-state index is 0.102. The standard InChI is InChI=1S/C21H22N4O3/c26-21-16-5-1-2-6-17(16)22-23-25(21)14-24-10-3-7-18(24)15-8-9-19-20(13-15)28-12-4-11-27-19/h1-2,5-6,8-9,13,18H,3-4,7,10-12,14H2. The lowest BCUT2D eigenvalue weighted by molar-refractivity contribution is 0.184. The second kappa shape index (κ2) is 7.24. The normalized spacial score (nSPS) is 19.6. The lowest BCUT2D eigenvalue weighted by Crippen LogP contribution is -2.34. The fourth-order valence-corrected chi connectivity index (χ4v) is 4.05. The van der Waals surface area contributed by atoms with E-state index in [0.29, 0.717) is 30.8 Å². The van der Waals surface area contributed by atoms with E-state index in [2.05, 4.69) is 27.3 Å². The molecule has 1 aromatic heterocycles. The maximum absolute atomic E-state index is 12.8. The van der Waals surface area contributed by atoms with E-state index in [1.165, 1.54) is 10.2 Å². The Kier molecular flexibility index (Phi) is 4.44. The lowest BCUT2D eigenvalue weighted by Gasteiger charge is -2.25. The second-order valence-corrected chi connectivity index (χ2v) is 7.28. The van der Waals surface area contributed by atoms with Crippen LogP contribution < -0.4 is 15.0 Å². The Hall–Kier alpha value is -2.93. The summed E-state index contributed by atoms with van der Waals surface area (Å²) in [7, 11) is 0. The minimum atomic E-state index is -0.102. The molecular formula is C21H22N4O3. The molecule has 1 saturated heterocycles. The number of rotatable bonds is 3. The summed E-state index contributed by atoms with van der Waals surface area (Å²) in [4.78, 5) is 15.1. The first-order valence-electron chi connectivity index (χ1n) is 9.76. The zero-order chi connectivity index (χ0) is 18.9. The fraction of sp³-hybridized carbons (Fsp3) is 0.381. The quantitative estimate of drug-likeness (QED) is 0.698. The summed E-state index contributed by atoms with van der Waals surface area (Å²) in [6, 6.07) is 13.7. The van der Waals surface area contributed by atoms with Crippen LogP contribution in [0.25, 0.3) is 10.9 Å². The third-order valence-electron chi connectivity index (χ3n) is 5.46. The van der Waals surface area contributed by atoms with Gasteiger partial charge in [-0.25, -0.2) is 0 Å². The van der Waals surface area contributed by atoms with Crippen molar-refractivity contribution in [3.63, 3.8) is 0 Å². The summed E-state index contributed by atoms with van der Waals surface area (Å²) in [5.41, 5.74) is 1.71. The molecular weight excluding hydrogens is 356 g/mol. The Bertz CT molecular complexity index is 1060. The molecule has 3 heterocycles. The summed E-state index contributed by atoms with van der Waals surface area (Å²) in [5.74, 6) is 1.62. The van der Waals surface area contributed by atoms with E-state index in [1.54, 1.807) is 6.07 Å². The smallest absolute Gasteiger partial charge is 0.278 e. The SMILES string of the molecule is O=c1c2ccccc2nnn1CN1CCCC1c1ccc2c(c1)OCCCO2. The Morgan fingerprint density at radius 1 is 1.04 bits per heavy atom. The molecule has 144 valence electrons. The van der Waals surface area contributed by atoms with Crippen LogP contribution in [0.3, 0.4) is 0 Å².